The van der Waals surface area contributed by atoms with Gasteiger partial charge in [0.25, 0.3) is 0 Å². The van der Waals surface area contributed by atoms with Gasteiger partial charge in [0.05, 0.1) is 12.5 Å². The molecule has 3 nitrogen and oxygen atoms in total. The summed E-state index contributed by atoms with van der Waals surface area (Å²) < 4.78 is 4.90. The molecular weight excluding hydrogens is 154 g/mol. The molecule has 66 valence electrons. The molecule has 0 fully saturated rings. The van der Waals surface area contributed by atoms with Gasteiger partial charge in [-0.2, -0.15) is 0 Å². The Hall–Kier alpha value is -1.25. The third kappa shape index (κ3) is 2.12. The van der Waals surface area contributed by atoms with Crippen LogP contribution in [0, 0.1) is 0 Å². The molecule has 12 heavy (non-hydrogen) atoms. The molecule has 1 aromatic heterocycles. The van der Waals surface area contributed by atoms with Crippen LogP contribution in [0.15, 0.2) is 23.0 Å². The number of hydrogen-bond donors (Lipinski definition) is 0. The molecule has 0 aromatic carbocycles. The first kappa shape index (κ1) is 8.84. The maximum Gasteiger partial charge on any atom is 0.219 e. The standard InChI is InChI=1S/C9H13NO2/c1-3-10(8(2)11)6-9-4-5-12-7-9/h4-5,7H,3,6H2,1-2H3. The summed E-state index contributed by atoms with van der Waals surface area (Å²) in [5.41, 5.74) is 1.03. The van der Waals surface area contributed by atoms with Crippen LogP contribution in [-0.2, 0) is 11.3 Å². The van der Waals surface area contributed by atoms with Crippen LogP contribution in [0.5, 0.6) is 0 Å². The minimum absolute atomic E-state index is 0.0960. The van der Waals surface area contributed by atoms with Crippen LogP contribution in [-0.4, -0.2) is 17.4 Å². The summed E-state index contributed by atoms with van der Waals surface area (Å²) in [5.74, 6) is 0.0960. The van der Waals surface area contributed by atoms with Crippen molar-refractivity contribution in [2.75, 3.05) is 6.54 Å². The lowest BCUT2D eigenvalue weighted by molar-refractivity contribution is -0.129. The van der Waals surface area contributed by atoms with Gasteiger partial charge in [0.1, 0.15) is 0 Å². The molecule has 1 rings (SSSR count). The number of nitrogens with zero attached hydrogens (tertiary/aromatic N) is 1. The minimum Gasteiger partial charge on any atom is -0.472 e. The van der Waals surface area contributed by atoms with E-state index in [2.05, 4.69) is 0 Å². The molecule has 0 aliphatic heterocycles. The Labute approximate surface area is 72.0 Å². The summed E-state index contributed by atoms with van der Waals surface area (Å²) in [5, 5.41) is 0. The molecule has 0 aliphatic rings. The second kappa shape index (κ2) is 3.95. The number of hydrogen-bond acceptors (Lipinski definition) is 2. The van der Waals surface area contributed by atoms with E-state index in [0.717, 1.165) is 12.1 Å². The summed E-state index contributed by atoms with van der Waals surface area (Å²) in [4.78, 5) is 12.8. The van der Waals surface area contributed by atoms with Gasteiger partial charge in [-0.15, -0.1) is 0 Å². The van der Waals surface area contributed by atoms with Gasteiger partial charge < -0.3 is 9.32 Å². The quantitative estimate of drug-likeness (QED) is 0.685. The van der Waals surface area contributed by atoms with E-state index in [-0.39, 0.29) is 5.91 Å². The lowest BCUT2D eigenvalue weighted by Gasteiger charge is -2.17. The SMILES string of the molecule is CCN(Cc1ccoc1)C(C)=O. The Balaban J connectivity index is 2.54. The highest BCUT2D eigenvalue weighted by atomic mass is 16.3. The van der Waals surface area contributed by atoms with Crippen molar-refractivity contribution in [1.82, 2.24) is 4.90 Å². The van der Waals surface area contributed by atoms with Gasteiger partial charge in [0.2, 0.25) is 5.91 Å². The average molecular weight is 167 g/mol. The van der Waals surface area contributed by atoms with Gasteiger partial charge in [-0.1, -0.05) is 0 Å². The predicted molar refractivity (Wildman–Crippen MR) is 45.5 cm³/mol. The van der Waals surface area contributed by atoms with Gasteiger partial charge in [-0.3, -0.25) is 4.79 Å². The molecule has 0 saturated carbocycles. The summed E-state index contributed by atoms with van der Waals surface area (Å²) in [6.45, 7) is 4.91. The maximum atomic E-state index is 11.0. The molecule has 0 radical (unpaired) electrons. The Kier molecular flexibility index (Phi) is 2.91. The zero-order chi connectivity index (χ0) is 8.97. The Morgan fingerprint density at radius 1 is 1.67 bits per heavy atom. The van der Waals surface area contributed by atoms with E-state index >= 15 is 0 Å². The summed E-state index contributed by atoms with van der Waals surface area (Å²) in [6.07, 6.45) is 3.27. The number of rotatable bonds is 3. The van der Waals surface area contributed by atoms with E-state index < -0.39 is 0 Å². The predicted octanol–water partition coefficient (Wildman–Crippen LogP) is 1.65. The largest absolute Gasteiger partial charge is 0.472 e. The highest BCUT2D eigenvalue weighted by Crippen LogP contribution is 2.04. The van der Waals surface area contributed by atoms with E-state index in [1.54, 1.807) is 24.3 Å². The van der Waals surface area contributed by atoms with Gasteiger partial charge in [-0.25, -0.2) is 0 Å². The normalized spacial score (nSPS) is 9.83. The van der Waals surface area contributed by atoms with Crippen molar-refractivity contribution < 1.29 is 9.21 Å². The van der Waals surface area contributed by atoms with Crippen molar-refractivity contribution in [3.63, 3.8) is 0 Å². The number of furan rings is 1. The van der Waals surface area contributed by atoms with Crippen molar-refractivity contribution in [2.45, 2.75) is 20.4 Å². The molecule has 1 heterocycles. The molecule has 3 heteroatoms. The lowest BCUT2D eigenvalue weighted by Crippen LogP contribution is -2.27. The van der Waals surface area contributed by atoms with Gasteiger partial charge >= 0.3 is 0 Å². The van der Waals surface area contributed by atoms with Crippen LogP contribution in [0.25, 0.3) is 0 Å². The number of amides is 1. The Morgan fingerprint density at radius 2 is 2.42 bits per heavy atom. The van der Waals surface area contributed by atoms with E-state index in [0.29, 0.717) is 6.54 Å². The van der Waals surface area contributed by atoms with Crippen LogP contribution in [0.4, 0.5) is 0 Å². The van der Waals surface area contributed by atoms with Gasteiger partial charge in [0.15, 0.2) is 0 Å². The van der Waals surface area contributed by atoms with Gasteiger partial charge in [0, 0.05) is 25.6 Å². The van der Waals surface area contributed by atoms with Gasteiger partial charge in [-0.05, 0) is 13.0 Å². The van der Waals surface area contributed by atoms with Crippen molar-refractivity contribution in [1.29, 1.82) is 0 Å². The van der Waals surface area contributed by atoms with Crippen LogP contribution in [0.3, 0.4) is 0 Å². The molecule has 0 N–H and O–H groups in total. The smallest absolute Gasteiger partial charge is 0.219 e. The average Bonchev–Trinajstić information content (AvgIpc) is 2.51. The van der Waals surface area contributed by atoms with E-state index in [1.807, 2.05) is 13.0 Å². The second-order valence-electron chi connectivity index (χ2n) is 2.66. The van der Waals surface area contributed by atoms with Crippen LogP contribution in [0.2, 0.25) is 0 Å². The lowest BCUT2D eigenvalue weighted by atomic mass is 10.3. The first-order valence-corrected chi connectivity index (χ1v) is 4.00. The van der Waals surface area contributed by atoms with Crippen molar-refractivity contribution in [3.8, 4) is 0 Å². The molecule has 1 amide bonds. The molecule has 0 aliphatic carbocycles. The zero-order valence-electron chi connectivity index (χ0n) is 7.41. The van der Waals surface area contributed by atoms with E-state index in [1.165, 1.54) is 0 Å². The molecule has 0 spiro atoms. The van der Waals surface area contributed by atoms with Crippen molar-refractivity contribution in [3.05, 3.63) is 24.2 Å². The van der Waals surface area contributed by atoms with Crippen LogP contribution >= 0.6 is 0 Å². The zero-order valence-corrected chi connectivity index (χ0v) is 7.41. The second-order valence-corrected chi connectivity index (χ2v) is 2.66. The fraction of sp³-hybridized carbons (Fsp3) is 0.444. The summed E-state index contributed by atoms with van der Waals surface area (Å²) in [7, 11) is 0. The molecule has 1 aromatic rings. The highest BCUT2D eigenvalue weighted by Gasteiger charge is 2.06. The number of carbonyl (C=O) groups is 1. The van der Waals surface area contributed by atoms with Crippen molar-refractivity contribution in [2.24, 2.45) is 0 Å². The molecular formula is C9H13NO2. The van der Waals surface area contributed by atoms with E-state index in [4.69, 9.17) is 4.42 Å². The molecule has 0 bridgehead atoms. The fourth-order valence-electron chi connectivity index (χ4n) is 1.05. The molecule has 0 atom stereocenters. The third-order valence-electron chi connectivity index (χ3n) is 1.78. The number of carbonyl (C=O) groups excluding carboxylic acids is 1. The first-order chi connectivity index (χ1) is 5.74. The Morgan fingerprint density at radius 3 is 2.83 bits per heavy atom. The van der Waals surface area contributed by atoms with Crippen LogP contribution < -0.4 is 0 Å². The van der Waals surface area contributed by atoms with Crippen molar-refractivity contribution >= 4 is 5.91 Å². The highest BCUT2D eigenvalue weighted by molar-refractivity contribution is 5.73. The summed E-state index contributed by atoms with van der Waals surface area (Å²) in [6, 6.07) is 1.87. The summed E-state index contributed by atoms with van der Waals surface area (Å²) >= 11 is 0. The van der Waals surface area contributed by atoms with Crippen LogP contribution in [0.1, 0.15) is 19.4 Å². The molecule has 0 unspecified atom stereocenters. The third-order valence-corrected chi connectivity index (χ3v) is 1.78. The topological polar surface area (TPSA) is 33.5 Å². The first-order valence-electron chi connectivity index (χ1n) is 4.00. The maximum absolute atomic E-state index is 11.0. The minimum atomic E-state index is 0.0960. The van der Waals surface area contributed by atoms with E-state index in [9.17, 15) is 4.79 Å². The monoisotopic (exact) mass is 167 g/mol. The Bertz CT molecular complexity index is 241. The fourth-order valence-corrected chi connectivity index (χ4v) is 1.05. The molecule has 0 saturated heterocycles.